The first-order chi connectivity index (χ1) is 8.02. The molecule has 0 aromatic heterocycles. The fourth-order valence-electron chi connectivity index (χ4n) is 1.50. The van der Waals surface area contributed by atoms with Crippen LogP contribution in [0.5, 0.6) is 0 Å². The molecule has 0 saturated heterocycles. The van der Waals surface area contributed by atoms with Crippen LogP contribution < -0.4 is 11.1 Å². The van der Waals surface area contributed by atoms with Gasteiger partial charge in [0.15, 0.2) is 0 Å². The molecule has 0 aliphatic carbocycles. The summed E-state index contributed by atoms with van der Waals surface area (Å²) >= 11 is 9.16. The maximum Gasteiger partial charge on any atom is 0.225 e. The number of rotatable bonds is 5. The fourth-order valence-corrected chi connectivity index (χ4v) is 2.28. The average molecular weight is 320 g/mol. The maximum atomic E-state index is 11.7. The van der Waals surface area contributed by atoms with E-state index in [-0.39, 0.29) is 11.9 Å². The molecule has 0 aliphatic rings. The average Bonchev–Trinajstić information content (AvgIpc) is 2.22. The molecule has 0 fully saturated rings. The summed E-state index contributed by atoms with van der Waals surface area (Å²) < 4.78 is 0.766. The second-order valence-corrected chi connectivity index (χ2v) is 5.22. The van der Waals surface area contributed by atoms with Gasteiger partial charge in [-0.3, -0.25) is 4.79 Å². The fraction of sp³-hybridized carbons (Fsp3) is 0.417. The third-order valence-corrected chi connectivity index (χ3v) is 3.20. The molecule has 1 atom stereocenters. The van der Waals surface area contributed by atoms with Gasteiger partial charge in [0.1, 0.15) is 0 Å². The topological polar surface area (TPSA) is 55.1 Å². The van der Waals surface area contributed by atoms with Crippen molar-refractivity contribution in [2.24, 2.45) is 5.73 Å². The standard InChI is InChI=1S/C12H16BrClN2O/c1-2-3-9(15)7-12(17)16-11-5-4-8(14)6-10(11)13/h4-6,9H,2-3,7,15H2,1H3,(H,16,17). The largest absolute Gasteiger partial charge is 0.327 e. The quantitative estimate of drug-likeness (QED) is 0.872. The Bertz CT molecular complexity index is 398. The number of benzene rings is 1. The highest BCUT2D eigenvalue weighted by Gasteiger charge is 2.10. The van der Waals surface area contributed by atoms with Crippen molar-refractivity contribution in [3.05, 3.63) is 27.7 Å². The summed E-state index contributed by atoms with van der Waals surface area (Å²) in [6.07, 6.45) is 2.18. The number of amides is 1. The summed E-state index contributed by atoms with van der Waals surface area (Å²) in [7, 11) is 0. The van der Waals surface area contributed by atoms with Crippen molar-refractivity contribution in [3.8, 4) is 0 Å². The van der Waals surface area contributed by atoms with Crippen molar-refractivity contribution in [1.29, 1.82) is 0 Å². The van der Waals surface area contributed by atoms with Crippen LogP contribution in [0.25, 0.3) is 0 Å². The van der Waals surface area contributed by atoms with Gasteiger partial charge in [0.25, 0.3) is 0 Å². The first kappa shape index (κ1) is 14.5. The predicted octanol–water partition coefficient (Wildman–Crippen LogP) is 3.56. The number of carbonyl (C=O) groups is 1. The molecule has 0 bridgehead atoms. The lowest BCUT2D eigenvalue weighted by atomic mass is 10.1. The lowest BCUT2D eigenvalue weighted by Gasteiger charge is -2.11. The van der Waals surface area contributed by atoms with E-state index in [0.717, 1.165) is 17.3 Å². The molecule has 1 aromatic rings. The first-order valence-corrected chi connectivity index (χ1v) is 6.70. The third-order valence-electron chi connectivity index (χ3n) is 2.31. The molecule has 1 aromatic carbocycles. The van der Waals surface area contributed by atoms with Crippen LogP contribution in [0.3, 0.4) is 0 Å². The third kappa shape index (κ3) is 5.06. The number of carbonyl (C=O) groups excluding carboxylic acids is 1. The zero-order chi connectivity index (χ0) is 12.8. The van der Waals surface area contributed by atoms with Crippen LogP contribution in [0.4, 0.5) is 5.69 Å². The van der Waals surface area contributed by atoms with E-state index in [2.05, 4.69) is 21.2 Å². The number of halogens is 2. The number of hydrogen-bond donors (Lipinski definition) is 2. The van der Waals surface area contributed by atoms with Crippen LogP contribution in [0.15, 0.2) is 22.7 Å². The highest BCUT2D eigenvalue weighted by atomic mass is 79.9. The van der Waals surface area contributed by atoms with E-state index < -0.39 is 0 Å². The van der Waals surface area contributed by atoms with E-state index >= 15 is 0 Å². The van der Waals surface area contributed by atoms with Crippen LogP contribution in [0.2, 0.25) is 5.02 Å². The summed E-state index contributed by atoms with van der Waals surface area (Å²) in [6.45, 7) is 2.05. The molecule has 0 aliphatic heterocycles. The summed E-state index contributed by atoms with van der Waals surface area (Å²) in [5, 5.41) is 3.43. The number of nitrogens with one attached hydrogen (secondary N) is 1. The van der Waals surface area contributed by atoms with Gasteiger partial charge < -0.3 is 11.1 Å². The van der Waals surface area contributed by atoms with E-state index in [0.29, 0.717) is 17.1 Å². The normalized spacial score (nSPS) is 12.2. The van der Waals surface area contributed by atoms with Crippen LogP contribution >= 0.6 is 27.5 Å². The monoisotopic (exact) mass is 318 g/mol. The molecule has 0 saturated carbocycles. The van der Waals surface area contributed by atoms with Crippen molar-refractivity contribution in [2.75, 3.05) is 5.32 Å². The Kier molecular flexibility index (Phi) is 5.95. The van der Waals surface area contributed by atoms with Gasteiger partial charge in [-0.1, -0.05) is 24.9 Å². The highest BCUT2D eigenvalue weighted by molar-refractivity contribution is 9.10. The van der Waals surface area contributed by atoms with E-state index in [1.165, 1.54) is 0 Å². The summed E-state index contributed by atoms with van der Waals surface area (Å²) in [4.78, 5) is 11.7. The van der Waals surface area contributed by atoms with Gasteiger partial charge >= 0.3 is 0 Å². The summed E-state index contributed by atoms with van der Waals surface area (Å²) in [5.74, 6) is -0.0750. The Hall–Kier alpha value is -0.580. The van der Waals surface area contributed by atoms with Crippen molar-refractivity contribution in [3.63, 3.8) is 0 Å². The number of nitrogens with two attached hydrogens (primary N) is 1. The molecule has 0 heterocycles. The van der Waals surface area contributed by atoms with E-state index in [4.69, 9.17) is 17.3 Å². The van der Waals surface area contributed by atoms with Crippen molar-refractivity contribution in [2.45, 2.75) is 32.2 Å². The molecule has 0 radical (unpaired) electrons. The Balaban J connectivity index is 2.56. The van der Waals surface area contributed by atoms with Crippen LogP contribution in [-0.2, 0) is 4.79 Å². The van der Waals surface area contributed by atoms with Crippen molar-refractivity contribution < 1.29 is 4.79 Å². The van der Waals surface area contributed by atoms with Crippen molar-refractivity contribution >= 4 is 39.1 Å². The van der Waals surface area contributed by atoms with Gasteiger partial charge in [-0.25, -0.2) is 0 Å². The molecule has 0 spiro atoms. The molecule has 1 amide bonds. The van der Waals surface area contributed by atoms with Gasteiger partial charge in [-0.2, -0.15) is 0 Å². The Morgan fingerprint density at radius 3 is 2.88 bits per heavy atom. The smallest absolute Gasteiger partial charge is 0.225 e. The molecular weight excluding hydrogens is 304 g/mol. The molecule has 1 rings (SSSR count). The van der Waals surface area contributed by atoms with Crippen LogP contribution in [-0.4, -0.2) is 11.9 Å². The predicted molar refractivity (Wildman–Crippen MR) is 75.3 cm³/mol. The van der Waals surface area contributed by atoms with Gasteiger partial charge in [0.05, 0.1) is 5.69 Å². The first-order valence-electron chi connectivity index (χ1n) is 5.53. The Morgan fingerprint density at radius 1 is 1.59 bits per heavy atom. The van der Waals surface area contributed by atoms with Crippen LogP contribution in [0, 0.1) is 0 Å². The van der Waals surface area contributed by atoms with Gasteiger partial charge in [0, 0.05) is 22.0 Å². The minimum absolute atomic E-state index is 0.0750. The molecule has 5 heteroatoms. The number of anilines is 1. The highest BCUT2D eigenvalue weighted by Crippen LogP contribution is 2.26. The molecule has 3 N–H and O–H groups in total. The van der Waals surface area contributed by atoms with Crippen molar-refractivity contribution in [1.82, 2.24) is 0 Å². The Morgan fingerprint density at radius 2 is 2.29 bits per heavy atom. The summed E-state index contributed by atoms with van der Waals surface area (Å²) in [6, 6.07) is 5.15. The lowest BCUT2D eigenvalue weighted by Crippen LogP contribution is -2.26. The zero-order valence-corrected chi connectivity index (χ0v) is 12.0. The molecule has 1 unspecified atom stereocenters. The maximum absolute atomic E-state index is 11.7. The zero-order valence-electron chi connectivity index (χ0n) is 9.67. The lowest BCUT2D eigenvalue weighted by molar-refractivity contribution is -0.116. The summed E-state index contributed by atoms with van der Waals surface area (Å²) in [5.41, 5.74) is 6.52. The minimum Gasteiger partial charge on any atom is -0.327 e. The Labute approximate surface area is 115 Å². The second-order valence-electron chi connectivity index (χ2n) is 3.93. The van der Waals surface area contributed by atoms with E-state index in [1.807, 2.05) is 6.92 Å². The second kappa shape index (κ2) is 6.99. The van der Waals surface area contributed by atoms with Gasteiger partial charge in [-0.15, -0.1) is 0 Å². The SMILES string of the molecule is CCCC(N)CC(=O)Nc1ccc(Cl)cc1Br. The van der Waals surface area contributed by atoms with Gasteiger partial charge in [-0.05, 0) is 40.5 Å². The molecular formula is C12H16BrClN2O. The van der Waals surface area contributed by atoms with E-state index in [1.54, 1.807) is 18.2 Å². The van der Waals surface area contributed by atoms with Gasteiger partial charge in [0.2, 0.25) is 5.91 Å². The minimum atomic E-state index is -0.0777. The van der Waals surface area contributed by atoms with E-state index in [9.17, 15) is 4.79 Å². The van der Waals surface area contributed by atoms with Crippen LogP contribution in [0.1, 0.15) is 26.2 Å². The molecule has 94 valence electrons. The number of hydrogen-bond acceptors (Lipinski definition) is 2. The molecule has 17 heavy (non-hydrogen) atoms. The molecule has 3 nitrogen and oxygen atoms in total.